The Hall–Kier alpha value is -2.04. The molecule has 0 nitrogen and oxygen atoms in total. The fraction of sp³-hybridized carbons (Fsp3) is 0.571. The molecule has 0 aromatic heterocycles. The Labute approximate surface area is 163 Å². The van der Waals surface area contributed by atoms with Crippen molar-refractivity contribution in [1.82, 2.24) is 0 Å². The highest BCUT2D eigenvalue weighted by atomic mass is 19.4. The summed E-state index contributed by atoms with van der Waals surface area (Å²) in [5.41, 5.74) is -5.90. The molecular formula is C14H4F18. The summed E-state index contributed by atoms with van der Waals surface area (Å²) in [6, 6.07) is -2.82. The number of benzene rings is 1. The summed E-state index contributed by atoms with van der Waals surface area (Å²) in [5, 5.41) is 0. The minimum Gasteiger partial charge on any atom is -0.194 e. The van der Waals surface area contributed by atoms with Gasteiger partial charge in [-0.1, -0.05) is 18.2 Å². The largest absolute Gasteiger partial charge is 0.460 e. The van der Waals surface area contributed by atoms with E-state index in [0.29, 0.717) is 0 Å². The van der Waals surface area contributed by atoms with Gasteiger partial charge >= 0.3 is 47.9 Å². The SMILES string of the molecule is FC(F)(F)C(F)(F)C(F)(F)C(F)(F)c1cccc(C(F)(F)C(F)(F)C(F)(F)C(F)(F)F)c1. The third kappa shape index (κ3) is 3.72. The first kappa shape index (κ1) is 28.0. The van der Waals surface area contributed by atoms with Crippen LogP contribution in [0, 0.1) is 0 Å². The van der Waals surface area contributed by atoms with E-state index in [1.54, 1.807) is 0 Å². The third-order valence-corrected chi connectivity index (χ3v) is 3.88. The molecule has 0 bridgehead atoms. The molecule has 0 saturated carbocycles. The predicted octanol–water partition coefficient (Wildman–Crippen LogP) is 7.54. The second kappa shape index (κ2) is 7.23. The molecule has 1 aromatic carbocycles. The van der Waals surface area contributed by atoms with Gasteiger partial charge in [0.05, 0.1) is 0 Å². The van der Waals surface area contributed by atoms with Crippen LogP contribution in [0.5, 0.6) is 0 Å². The number of alkyl halides is 18. The van der Waals surface area contributed by atoms with Gasteiger partial charge < -0.3 is 0 Å². The molecule has 0 radical (unpaired) electrons. The topological polar surface area (TPSA) is 0 Å². The van der Waals surface area contributed by atoms with Gasteiger partial charge in [0.1, 0.15) is 0 Å². The van der Waals surface area contributed by atoms with Crippen LogP contribution in [0.4, 0.5) is 79.0 Å². The van der Waals surface area contributed by atoms with Gasteiger partial charge in [0.2, 0.25) is 0 Å². The third-order valence-electron chi connectivity index (χ3n) is 3.88. The lowest BCUT2D eigenvalue weighted by molar-refractivity contribution is -0.400. The van der Waals surface area contributed by atoms with Crippen molar-refractivity contribution in [3.63, 3.8) is 0 Å². The minimum absolute atomic E-state index is 0.379. The number of halogens is 18. The molecule has 0 aliphatic rings. The van der Waals surface area contributed by atoms with Crippen LogP contribution in [0.2, 0.25) is 0 Å². The van der Waals surface area contributed by atoms with Gasteiger partial charge in [-0.05, 0) is 6.07 Å². The summed E-state index contributed by atoms with van der Waals surface area (Å²) >= 11 is 0. The summed E-state index contributed by atoms with van der Waals surface area (Å²) in [6.07, 6.45) is -14.7. The van der Waals surface area contributed by atoms with E-state index < -0.39 is 77.2 Å². The standard InChI is InChI=1S/C14H4F18/c15-7(16,9(19,20)11(23,24)13(27,28)29)5-2-1-3-6(4-5)8(17,18)10(21,22)12(25,26)14(30,31)32/h1-4H. The Morgan fingerprint density at radius 1 is 0.375 bits per heavy atom. The van der Waals surface area contributed by atoms with Crippen molar-refractivity contribution in [2.24, 2.45) is 0 Å². The predicted molar refractivity (Wildman–Crippen MR) is 66.1 cm³/mol. The van der Waals surface area contributed by atoms with Crippen molar-refractivity contribution < 1.29 is 79.0 Å². The smallest absolute Gasteiger partial charge is 0.194 e. The highest BCUT2D eigenvalue weighted by molar-refractivity contribution is 5.34. The second-order valence-corrected chi connectivity index (χ2v) is 6.02. The molecule has 18 heteroatoms. The van der Waals surface area contributed by atoms with Crippen LogP contribution < -0.4 is 0 Å². The van der Waals surface area contributed by atoms with Crippen molar-refractivity contribution in [3.05, 3.63) is 35.4 Å². The van der Waals surface area contributed by atoms with E-state index in [1.807, 2.05) is 0 Å². The van der Waals surface area contributed by atoms with E-state index in [4.69, 9.17) is 0 Å². The second-order valence-electron chi connectivity index (χ2n) is 6.02. The lowest BCUT2D eigenvalue weighted by Gasteiger charge is -2.35. The fourth-order valence-corrected chi connectivity index (χ4v) is 2.02. The van der Waals surface area contributed by atoms with E-state index in [0.717, 1.165) is 0 Å². The molecule has 1 aromatic rings. The van der Waals surface area contributed by atoms with Crippen LogP contribution in [-0.4, -0.2) is 36.0 Å². The lowest BCUT2D eigenvalue weighted by Crippen LogP contribution is -2.60. The van der Waals surface area contributed by atoms with Crippen molar-refractivity contribution >= 4 is 0 Å². The molecule has 32 heavy (non-hydrogen) atoms. The molecular weight excluding hydrogens is 510 g/mol. The normalized spacial score (nSPS) is 15.8. The Kier molecular flexibility index (Phi) is 6.32. The van der Waals surface area contributed by atoms with Crippen LogP contribution in [0.1, 0.15) is 11.1 Å². The van der Waals surface area contributed by atoms with Crippen LogP contribution in [0.15, 0.2) is 24.3 Å². The molecule has 0 aliphatic heterocycles. The monoisotopic (exact) mass is 514 g/mol. The highest BCUT2D eigenvalue weighted by Crippen LogP contribution is 2.59. The summed E-state index contributed by atoms with van der Waals surface area (Å²) in [7, 11) is 0. The molecule has 186 valence electrons. The van der Waals surface area contributed by atoms with Gasteiger partial charge in [0.15, 0.2) is 0 Å². The summed E-state index contributed by atoms with van der Waals surface area (Å²) in [6.45, 7) is 0. The van der Waals surface area contributed by atoms with Crippen LogP contribution in [-0.2, 0) is 11.8 Å². The molecule has 0 fully saturated rings. The van der Waals surface area contributed by atoms with Gasteiger partial charge in [-0.25, -0.2) is 0 Å². The Morgan fingerprint density at radius 3 is 0.844 bits per heavy atom. The molecule has 0 spiro atoms. The lowest BCUT2D eigenvalue weighted by atomic mass is 9.91. The van der Waals surface area contributed by atoms with Gasteiger partial charge in [-0.2, -0.15) is 79.0 Å². The minimum atomic E-state index is -7.53. The maximum absolute atomic E-state index is 13.8. The fourth-order valence-electron chi connectivity index (χ4n) is 2.02. The average Bonchev–Trinajstić information content (AvgIpc) is 2.59. The van der Waals surface area contributed by atoms with E-state index in [9.17, 15) is 79.0 Å². The van der Waals surface area contributed by atoms with Gasteiger partial charge in [-0.15, -0.1) is 0 Å². The Balaban J connectivity index is 3.68. The maximum atomic E-state index is 13.8. The molecule has 0 aliphatic carbocycles. The summed E-state index contributed by atoms with van der Waals surface area (Å²) in [5.74, 6) is -43.5. The van der Waals surface area contributed by atoms with Crippen LogP contribution in [0.3, 0.4) is 0 Å². The zero-order valence-corrected chi connectivity index (χ0v) is 14.1. The van der Waals surface area contributed by atoms with E-state index in [2.05, 4.69) is 0 Å². The molecule has 0 unspecified atom stereocenters. The first-order valence-electron chi connectivity index (χ1n) is 7.22. The molecule has 0 heterocycles. The van der Waals surface area contributed by atoms with E-state index >= 15 is 0 Å². The quantitative estimate of drug-likeness (QED) is 0.345. The molecule has 1 rings (SSSR count). The zero-order valence-electron chi connectivity index (χ0n) is 14.1. The van der Waals surface area contributed by atoms with Crippen LogP contribution in [0.25, 0.3) is 0 Å². The van der Waals surface area contributed by atoms with Crippen LogP contribution >= 0.6 is 0 Å². The molecule has 0 N–H and O–H groups in total. The highest BCUT2D eigenvalue weighted by Gasteiger charge is 2.83. The van der Waals surface area contributed by atoms with Crippen molar-refractivity contribution in [3.8, 4) is 0 Å². The first-order valence-corrected chi connectivity index (χ1v) is 7.22. The Bertz CT molecular complexity index is 762. The molecule has 0 saturated heterocycles. The number of hydrogen-bond acceptors (Lipinski definition) is 0. The van der Waals surface area contributed by atoms with Gasteiger partial charge in [-0.3, -0.25) is 0 Å². The summed E-state index contributed by atoms with van der Waals surface area (Å²) < 4.78 is 232. The van der Waals surface area contributed by atoms with Crippen molar-refractivity contribution in [2.75, 3.05) is 0 Å². The molecule has 0 atom stereocenters. The average molecular weight is 514 g/mol. The molecule has 0 amide bonds. The zero-order chi connectivity index (χ0) is 26.0. The van der Waals surface area contributed by atoms with E-state index in [-0.39, 0.29) is 6.07 Å². The number of hydrogen-bond donors (Lipinski definition) is 0. The van der Waals surface area contributed by atoms with E-state index in [1.165, 1.54) is 0 Å². The first-order chi connectivity index (χ1) is 13.7. The summed E-state index contributed by atoms with van der Waals surface area (Å²) in [4.78, 5) is 0. The van der Waals surface area contributed by atoms with Crippen molar-refractivity contribution in [2.45, 2.75) is 47.9 Å². The number of rotatable bonds is 6. The van der Waals surface area contributed by atoms with Gasteiger partial charge in [0, 0.05) is 11.1 Å². The Morgan fingerprint density at radius 2 is 0.625 bits per heavy atom. The maximum Gasteiger partial charge on any atom is 0.460 e. The van der Waals surface area contributed by atoms with Crippen molar-refractivity contribution in [1.29, 1.82) is 0 Å². The van der Waals surface area contributed by atoms with Gasteiger partial charge in [0.25, 0.3) is 0 Å².